The highest BCUT2D eigenvalue weighted by molar-refractivity contribution is 5.98. The molecule has 0 aliphatic carbocycles. The summed E-state index contributed by atoms with van der Waals surface area (Å²) in [6, 6.07) is 1.64. The van der Waals surface area contributed by atoms with Gasteiger partial charge < -0.3 is 16.8 Å². The first-order valence-corrected chi connectivity index (χ1v) is 4.97. The summed E-state index contributed by atoms with van der Waals surface area (Å²) in [5, 5.41) is 3.08. The predicted molar refractivity (Wildman–Crippen MR) is 65.1 cm³/mol. The van der Waals surface area contributed by atoms with Crippen LogP contribution in [0.5, 0.6) is 0 Å². The van der Waals surface area contributed by atoms with Crippen LogP contribution in [0.3, 0.4) is 0 Å². The van der Waals surface area contributed by atoms with Crippen molar-refractivity contribution in [1.29, 1.82) is 0 Å². The van der Waals surface area contributed by atoms with Gasteiger partial charge in [0.2, 0.25) is 0 Å². The minimum atomic E-state index is -0.548. The van der Waals surface area contributed by atoms with Crippen LogP contribution in [0.2, 0.25) is 0 Å². The van der Waals surface area contributed by atoms with Crippen LogP contribution < -0.4 is 16.8 Å². The van der Waals surface area contributed by atoms with Gasteiger partial charge in [0.1, 0.15) is 5.82 Å². The van der Waals surface area contributed by atoms with Crippen molar-refractivity contribution in [3.05, 3.63) is 30.5 Å². The fraction of sp³-hybridized carbons (Fsp3) is 0.273. The maximum Gasteiger partial charge on any atom is 0.252 e. The van der Waals surface area contributed by atoms with Crippen LogP contribution in [-0.4, -0.2) is 16.9 Å². The molecule has 5 nitrogen and oxygen atoms in total. The number of nitrogens with one attached hydrogen (secondary N) is 1. The summed E-state index contributed by atoms with van der Waals surface area (Å²) in [5.74, 6) is -0.0934. The van der Waals surface area contributed by atoms with Crippen LogP contribution in [0.1, 0.15) is 23.7 Å². The largest absolute Gasteiger partial charge is 0.397 e. The van der Waals surface area contributed by atoms with Crippen LogP contribution in [0, 0.1) is 0 Å². The number of hydrogen-bond acceptors (Lipinski definition) is 4. The molecule has 1 amide bonds. The van der Waals surface area contributed by atoms with Crippen molar-refractivity contribution < 1.29 is 4.79 Å². The van der Waals surface area contributed by atoms with Gasteiger partial charge in [-0.1, -0.05) is 6.08 Å². The number of primary amides is 1. The molecule has 1 rings (SSSR count). The highest BCUT2D eigenvalue weighted by Crippen LogP contribution is 2.16. The minimum absolute atomic E-state index is 0.131. The second-order valence-electron chi connectivity index (χ2n) is 3.60. The van der Waals surface area contributed by atoms with E-state index in [1.807, 2.05) is 6.92 Å². The second-order valence-corrected chi connectivity index (χ2v) is 3.60. The Morgan fingerprint density at radius 2 is 2.44 bits per heavy atom. The van der Waals surface area contributed by atoms with E-state index in [0.29, 0.717) is 17.1 Å². The number of carbonyl (C=O) groups is 1. The maximum absolute atomic E-state index is 11.2. The Morgan fingerprint density at radius 1 is 1.75 bits per heavy atom. The summed E-state index contributed by atoms with van der Waals surface area (Å²) in [5.41, 5.74) is 11.5. The van der Waals surface area contributed by atoms with E-state index in [0.717, 1.165) is 6.42 Å². The van der Waals surface area contributed by atoms with E-state index < -0.39 is 5.91 Å². The quantitative estimate of drug-likeness (QED) is 0.648. The van der Waals surface area contributed by atoms with Crippen LogP contribution in [0.15, 0.2) is 24.9 Å². The molecule has 0 bridgehead atoms. The number of carbonyl (C=O) groups excluding carboxylic acids is 1. The zero-order valence-electron chi connectivity index (χ0n) is 9.23. The molecule has 1 atom stereocenters. The summed E-state index contributed by atoms with van der Waals surface area (Å²) in [6.07, 6.45) is 4.04. The van der Waals surface area contributed by atoms with E-state index >= 15 is 0 Å². The zero-order chi connectivity index (χ0) is 12.1. The van der Waals surface area contributed by atoms with E-state index in [-0.39, 0.29) is 6.04 Å². The first-order valence-electron chi connectivity index (χ1n) is 4.97. The first-order chi connectivity index (χ1) is 7.54. The fourth-order valence-electron chi connectivity index (χ4n) is 1.33. The Kier molecular flexibility index (Phi) is 3.88. The van der Waals surface area contributed by atoms with Crippen molar-refractivity contribution in [2.75, 3.05) is 11.1 Å². The molecule has 86 valence electrons. The third-order valence-electron chi connectivity index (χ3n) is 2.08. The number of pyridine rings is 1. The molecule has 0 aliphatic rings. The lowest BCUT2D eigenvalue weighted by atomic mass is 10.2. The van der Waals surface area contributed by atoms with Gasteiger partial charge in [-0.2, -0.15) is 0 Å². The Morgan fingerprint density at radius 3 is 3.00 bits per heavy atom. The molecule has 0 saturated heterocycles. The van der Waals surface area contributed by atoms with Crippen LogP contribution in [-0.2, 0) is 0 Å². The van der Waals surface area contributed by atoms with Crippen molar-refractivity contribution in [1.82, 2.24) is 4.98 Å². The van der Waals surface area contributed by atoms with Gasteiger partial charge >= 0.3 is 0 Å². The van der Waals surface area contributed by atoms with Gasteiger partial charge in [-0.3, -0.25) is 4.79 Å². The number of nitrogens with zero attached hydrogens (tertiary/aromatic N) is 1. The van der Waals surface area contributed by atoms with Crippen molar-refractivity contribution in [2.45, 2.75) is 19.4 Å². The molecule has 1 unspecified atom stereocenters. The molecule has 0 aromatic carbocycles. The smallest absolute Gasteiger partial charge is 0.252 e. The lowest BCUT2D eigenvalue weighted by Crippen LogP contribution is -2.20. The molecule has 1 aromatic rings. The van der Waals surface area contributed by atoms with E-state index in [2.05, 4.69) is 16.9 Å². The molecule has 0 saturated carbocycles. The van der Waals surface area contributed by atoms with Gasteiger partial charge in [0.15, 0.2) is 0 Å². The van der Waals surface area contributed by atoms with Crippen LogP contribution in [0.4, 0.5) is 11.5 Å². The number of anilines is 2. The van der Waals surface area contributed by atoms with Crippen molar-refractivity contribution in [2.24, 2.45) is 5.73 Å². The van der Waals surface area contributed by atoms with Gasteiger partial charge in [-0.05, 0) is 19.4 Å². The standard InChI is InChI=1S/C11H16N4O/c1-3-4-7(2)15-11-9(10(13)16)5-8(12)6-14-11/h3,5-7H,1,4,12H2,2H3,(H2,13,16)(H,14,15). The molecule has 0 aliphatic heterocycles. The molecule has 1 heterocycles. The summed E-state index contributed by atoms with van der Waals surface area (Å²) in [4.78, 5) is 15.2. The number of aromatic nitrogens is 1. The average Bonchev–Trinajstić information content (AvgIpc) is 2.20. The highest BCUT2D eigenvalue weighted by atomic mass is 16.1. The van der Waals surface area contributed by atoms with Crippen LogP contribution in [0.25, 0.3) is 0 Å². The third kappa shape index (κ3) is 2.98. The number of nitrogens with two attached hydrogens (primary N) is 2. The van der Waals surface area contributed by atoms with E-state index in [4.69, 9.17) is 11.5 Å². The molecular weight excluding hydrogens is 204 g/mol. The molecular formula is C11H16N4O. The molecule has 0 radical (unpaired) electrons. The Balaban J connectivity index is 2.94. The topological polar surface area (TPSA) is 94.0 Å². The molecule has 0 fully saturated rings. The number of hydrogen-bond donors (Lipinski definition) is 3. The lowest BCUT2D eigenvalue weighted by molar-refractivity contribution is 0.100. The number of rotatable bonds is 5. The molecule has 0 spiro atoms. The SMILES string of the molecule is C=CCC(C)Nc1ncc(N)cc1C(N)=O. The van der Waals surface area contributed by atoms with Crippen molar-refractivity contribution in [3.63, 3.8) is 0 Å². The third-order valence-corrected chi connectivity index (χ3v) is 2.08. The zero-order valence-corrected chi connectivity index (χ0v) is 9.23. The van der Waals surface area contributed by atoms with Gasteiger partial charge in [0, 0.05) is 6.04 Å². The average molecular weight is 220 g/mol. The fourth-order valence-corrected chi connectivity index (χ4v) is 1.33. The number of nitrogen functional groups attached to an aromatic ring is 1. The second kappa shape index (κ2) is 5.16. The summed E-state index contributed by atoms with van der Waals surface area (Å²) in [7, 11) is 0. The maximum atomic E-state index is 11.2. The summed E-state index contributed by atoms with van der Waals surface area (Å²) < 4.78 is 0. The van der Waals surface area contributed by atoms with Gasteiger partial charge in [0.05, 0.1) is 17.4 Å². The highest BCUT2D eigenvalue weighted by Gasteiger charge is 2.11. The Hall–Kier alpha value is -2.04. The Bertz CT molecular complexity index is 403. The molecule has 16 heavy (non-hydrogen) atoms. The predicted octanol–water partition coefficient (Wildman–Crippen LogP) is 1.14. The van der Waals surface area contributed by atoms with E-state index in [1.54, 1.807) is 6.08 Å². The van der Waals surface area contributed by atoms with E-state index in [9.17, 15) is 4.79 Å². The minimum Gasteiger partial charge on any atom is -0.397 e. The van der Waals surface area contributed by atoms with Gasteiger partial charge in [-0.15, -0.1) is 6.58 Å². The van der Waals surface area contributed by atoms with Gasteiger partial charge in [-0.25, -0.2) is 4.98 Å². The molecule has 5 heteroatoms. The number of amides is 1. The normalized spacial score (nSPS) is 11.8. The van der Waals surface area contributed by atoms with Crippen molar-refractivity contribution in [3.8, 4) is 0 Å². The van der Waals surface area contributed by atoms with Crippen molar-refractivity contribution >= 4 is 17.4 Å². The first kappa shape index (κ1) is 12.0. The summed E-state index contributed by atoms with van der Waals surface area (Å²) >= 11 is 0. The van der Waals surface area contributed by atoms with Crippen LogP contribution >= 0.6 is 0 Å². The summed E-state index contributed by atoms with van der Waals surface area (Å²) in [6.45, 7) is 5.60. The van der Waals surface area contributed by atoms with E-state index in [1.165, 1.54) is 12.3 Å². The Labute approximate surface area is 94.5 Å². The van der Waals surface area contributed by atoms with Gasteiger partial charge in [0.25, 0.3) is 5.91 Å². The molecule has 1 aromatic heterocycles. The monoisotopic (exact) mass is 220 g/mol. The molecule has 5 N–H and O–H groups in total. The lowest BCUT2D eigenvalue weighted by Gasteiger charge is -2.14.